The first-order valence-corrected chi connectivity index (χ1v) is 12.0. The number of rotatable bonds is 6. The number of benzene rings is 2. The molecule has 2 aromatic carbocycles. The van der Waals surface area contributed by atoms with Gasteiger partial charge in [0.15, 0.2) is 0 Å². The molecule has 0 unspecified atom stereocenters. The minimum atomic E-state index is -1.32. The Morgan fingerprint density at radius 2 is 1.82 bits per heavy atom. The lowest BCUT2D eigenvalue weighted by molar-refractivity contribution is 0.0700. The van der Waals surface area contributed by atoms with Crippen LogP contribution in [0, 0.1) is 0 Å². The van der Waals surface area contributed by atoms with Crippen molar-refractivity contribution in [1.29, 1.82) is 0 Å². The van der Waals surface area contributed by atoms with E-state index < -0.39 is 11.8 Å². The van der Waals surface area contributed by atoms with E-state index in [2.05, 4.69) is 16.8 Å². The van der Waals surface area contributed by atoms with Gasteiger partial charge in [0.1, 0.15) is 37.2 Å². The average Bonchev–Trinajstić information content (AvgIpc) is 3.49. The molecular weight excluding hydrogens is 477 g/mol. The molecule has 0 amide bonds. The fourth-order valence-electron chi connectivity index (χ4n) is 5.18. The standard InChI is InChI=1S/C27H20B4FN3O3/c1-2-15(32)4-3-7-35-18-10-14-12-33-34-17(14)11-16(18)19(26(35)13-5-8-38-9-6-13)20-22(28)24(30)21(27(36)37)25(31)23(20)29/h2-4,7,10-13H,1,5-6,8-9H2,(H,33,34)(H,36,37)/b7-3+,15-4+. The summed E-state index contributed by atoms with van der Waals surface area (Å²) in [5, 5.41) is 18.5. The summed E-state index contributed by atoms with van der Waals surface area (Å²) in [7, 11) is 25.4. The van der Waals surface area contributed by atoms with Crippen molar-refractivity contribution in [2.24, 2.45) is 0 Å². The van der Waals surface area contributed by atoms with Gasteiger partial charge in [0.25, 0.3) is 0 Å². The number of H-pyrrole nitrogens is 1. The zero-order valence-electron chi connectivity index (χ0n) is 20.5. The molecule has 3 heterocycles. The summed E-state index contributed by atoms with van der Waals surface area (Å²) in [6, 6.07) is 3.89. The van der Waals surface area contributed by atoms with Crippen LogP contribution >= 0.6 is 0 Å². The van der Waals surface area contributed by atoms with Crippen LogP contribution in [-0.4, -0.2) is 70.4 Å². The zero-order chi connectivity index (χ0) is 27.1. The monoisotopic (exact) mass is 497 g/mol. The van der Waals surface area contributed by atoms with E-state index in [1.165, 1.54) is 6.08 Å². The van der Waals surface area contributed by atoms with Crippen molar-refractivity contribution in [2.45, 2.75) is 18.8 Å². The topological polar surface area (TPSA) is 80.1 Å². The van der Waals surface area contributed by atoms with Crippen LogP contribution in [0.25, 0.3) is 39.1 Å². The lowest BCUT2D eigenvalue weighted by Gasteiger charge is -2.27. The molecule has 5 rings (SSSR count). The van der Waals surface area contributed by atoms with Crippen molar-refractivity contribution < 1.29 is 19.0 Å². The molecule has 1 aliphatic heterocycles. The first-order chi connectivity index (χ1) is 18.2. The second kappa shape index (κ2) is 10.2. The molecule has 0 bridgehead atoms. The van der Waals surface area contributed by atoms with Crippen molar-refractivity contribution in [3.63, 3.8) is 0 Å². The van der Waals surface area contributed by atoms with Crippen molar-refractivity contribution in [1.82, 2.24) is 14.8 Å². The van der Waals surface area contributed by atoms with Crippen LogP contribution in [0.15, 0.2) is 49.0 Å². The van der Waals surface area contributed by atoms with Gasteiger partial charge in [-0.15, -0.1) is 0 Å². The van der Waals surface area contributed by atoms with Crippen LogP contribution in [0.4, 0.5) is 4.39 Å². The highest BCUT2D eigenvalue weighted by atomic mass is 19.1. The van der Waals surface area contributed by atoms with Crippen LogP contribution in [0.5, 0.6) is 0 Å². The number of halogens is 1. The Balaban J connectivity index is 1.94. The summed E-state index contributed by atoms with van der Waals surface area (Å²) < 4.78 is 21.5. The Kier molecular flexibility index (Phi) is 6.97. The maximum absolute atomic E-state index is 13.9. The molecule has 1 saturated heterocycles. The lowest BCUT2D eigenvalue weighted by Crippen LogP contribution is -2.47. The number of carboxylic acids is 1. The number of hydrogen-bond acceptors (Lipinski definition) is 3. The molecule has 2 N–H and O–H groups in total. The summed E-state index contributed by atoms with van der Waals surface area (Å²) in [6.07, 6.45) is 8.91. The fraction of sp³-hybridized carbons (Fsp3) is 0.185. The van der Waals surface area contributed by atoms with Gasteiger partial charge >= 0.3 is 5.97 Å². The molecule has 180 valence electrons. The lowest BCUT2D eigenvalue weighted by atomic mass is 9.63. The van der Waals surface area contributed by atoms with Gasteiger partial charge in [0.05, 0.1) is 17.2 Å². The Morgan fingerprint density at radius 1 is 1.13 bits per heavy atom. The fourth-order valence-corrected chi connectivity index (χ4v) is 5.18. The number of ether oxygens (including phenoxy) is 1. The Morgan fingerprint density at radius 3 is 2.45 bits per heavy atom. The number of nitrogens with one attached hydrogen (secondary N) is 1. The second-order valence-corrected chi connectivity index (χ2v) is 9.15. The largest absolute Gasteiger partial charge is 0.478 e. The number of hydrogen-bond donors (Lipinski definition) is 2. The molecule has 1 aliphatic rings. The van der Waals surface area contributed by atoms with Gasteiger partial charge < -0.3 is 14.4 Å². The normalized spacial score (nSPS) is 15.1. The van der Waals surface area contributed by atoms with Crippen LogP contribution in [0.3, 0.4) is 0 Å². The number of aromatic amines is 1. The molecule has 1 fully saturated rings. The zero-order valence-corrected chi connectivity index (χ0v) is 20.5. The number of allylic oxidation sites excluding steroid dienone is 4. The SMILES string of the molecule is [B]c1c([B])c(-c2c(C3CCOCC3)n(/C=C/C=C(/F)C=C)c3cc4cn[nH]c4cc23)c([B])c([B])c1C(=O)O. The van der Waals surface area contributed by atoms with Crippen LogP contribution in [0.1, 0.15) is 34.8 Å². The van der Waals surface area contributed by atoms with Crippen molar-refractivity contribution >= 4 is 87.2 Å². The Labute approximate surface area is 224 Å². The molecule has 4 aromatic rings. The summed E-state index contributed by atoms with van der Waals surface area (Å²) in [5.41, 5.74) is 2.84. The van der Waals surface area contributed by atoms with Crippen molar-refractivity contribution in [2.75, 3.05) is 13.2 Å². The maximum atomic E-state index is 13.9. The maximum Gasteiger partial charge on any atom is 0.334 e. The number of fused-ring (bicyclic) bond motifs is 2. The molecule has 0 aliphatic carbocycles. The molecule has 11 heteroatoms. The molecule has 2 aromatic heterocycles. The van der Waals surface area contributed by atoms with E-state index in [-0.39, 0.29) is 33.3 Å². The smallest absolute Gasteiger partial charge is 0.334 e. The molecule has 6 nitrogen and oxygen atoms in total. The third-order valence-electron chi connectivity index (χ3n) is 7.02. The molecule has 38 heavy (non-hydrogen) atoms. The number of aromatic carboxylic acids is 1. The van der Waals surface area contributed by atoms with Crippen LogP contribution < -0.4 is 21.9 Å². The quantitative estimate of drug-likeness (QED) is 0.313. The predicted octanol–water partition coefficient (Wildman–Crippen LogP) is 1.46. The van der Waals surface area contributed by atoms with Crippen molar-refractivity contribution in [3.8, 4) is 11.1 Å². The highest BCUT2D eigenvalue weighted by Gasteiger charge is 2.29. The third-order valence-corrected chi connectivity index (χ3v) is 7.02. The van der Waals surface area contributed by atoms with Crippen molar-refractivity contribution in [3.05, 3.63) is 60.2 Å². The molecule has 0 saturated carbocycles. The first kappa shape index (κ1) is 25.9. The minimum absolute atomic E-state index is 0.0147. The Hall–Kier alpha value is -3.71. The van der Waals surface area contributed by atoms with Gasteiger partial charge in [-0.2, -0.15) is 5.10 Å². The molecule has 8 radical (unpaired) electrons. The van der Waals surface area contributed by atoms with Gasteiger partial charge in [0, 0.05) is 52.9 Å². The van der Waals surface area contributed by atoms with E-state index in [4.69, 9.17) is 36.1 Å². The summed E-state index contributed by atoms with van der Waals surface area (Å²) in [6.45, 7) is 4.56. The van der Waals surface area contributed by atoms with Crippen LogP contribution in [-0.2, 0) is 4.74 Å². The average molecular weight is 497 g/mol. The molecule has 0 spiro atoms. The van der Waals surface area contributed by atoms with E-state index in [9.17, 15) is 14.3 Å². The van der Waals surface area contributed by atoms with E-state index >= 15 is 0 Å². The second-order valence-electron chi connectivity index (χ2n) is 9.15. The number of carbonyl (C=O) groups is 1. The summed E-state index contributed by atoms with van der Waals surface area (Å²) >= 11 is 0. The molecule has 0 atom stereocenters. The van der Waals surface area contributed by atoms with Gasteiger partial charge in [-0.3, -0.25) is 5.10 Å². The molecular formula is C27H20B4FN3O3. The summed E-state index contributed by atoms with van der Waals surface area (Å²) in [5.74, 6) is -1.79. The van der Waals surface area contributed by atoms with E-state index in [1.807, 2.05) is 16.7 Å². The van der Waals surface area contributed by atoms with Crippen LogP contribution in [0.2, 0.25) is 0 Å². The first-order valence-electron chi connectivity index (χ1n) is 12.0. The van der Waals surface area contributed by atoms with E-state index in [1.54, 1.807) is 18.5 Å². The van der Waals surface area contributed by atoms with Gasteiger partial charge in [0.2, 0.25) is 0 Å². The van der Waals surface area contributed by atoms with Gasteiger partial charge in [-0.25, -0.2) is 9.18 Å². The van der Waals surface area contributed by atoms with Gasteiger partial charge in [-0.05, 0) is 48.8 Å². The number of carboxylic acid groups (broad SMARTS) is 1. The summed E-state index contributed by atoms with van der Waals surface area (Å²) in [4.78, 5) is 11.9. The highest BCUT2D eigenvalue weighted by Crippen LogP contribution is 2.42. The minimum Gasteiger partial charge on any atom is -0.478 e. The number of aromatic nitrogens is 3. The third kappa shape index (κ3) is 4.25. The highest BCUT2D eigenvalue weighted by molar-refractivity contribution is 6.62. The number of nitrogens with zero attached hydrogens (tertiary/aromatic N) is 2. The Bertz CT molecular complexity index is 1640. The van der Waals surface area contributed by atoms with Gasteiger partial charge in [-0.1, -0.05) is 28.4 Å². The predicted molar refractivity (Wildman–Crippen MR) is 153 cm³/mol. The van der Waals surface area contributed by atoms with E-state index in [0.29, 0.717) is 37.2 Å². The van der Waals surface area contributed by atoms with E-state index in [0.717, 1.165) is 33.6 Å².